The Morgan fingerprint density at radius 1 is 0.268 bits per heavy atom. The van der Waals surface area contributed by atoms with Gasteiger partial charge in [0.25, 0.3) is 0 Å². The van der Waals surface area contributed by atoms with Gasteiger partial charge in [-0.1, -0.05) is 151 Å². The molecule has 5 aliphatic rings. The third kappa shape index (κ3) is 41.5. The van der Waals surface area contributed by atoms with Crippen LogP contribution in [0.1, 0.15) is 138 Å². The topological polar surface area (TPSA) is 171 Å². The van der Waals surface area contributed by atoms with E-state index in [1.54, 1.807) is 12.2 Å². The second-order valence-electron chi connectivity index (χ2n) is 18.7. The molecule has 0 atom stereocenters. The minimum absolute atomic E-state index is 0. The van der Waals surface area contributed by atoms with Crippen LogP contribution in [-0.2, 0) is 154 Å². The summed E-state index contributed by atoms with van der Waals surface area (Å²) < 4.78 is 37.3. The van der Waals surface area contributed by atoms with Crippen molar-refractivity contribution >= 4 is 77.6 Å². The summed E-state index contributed by atoms with van der Waals surface area (Å²) in [5, 5.41) is 0. The molecule has 0 radical (unpaired) electrons. The largest absolute Gasteiger partial charge is 0.813 e. The fourth-order valence-electron chi connectivity index (χ4n) is 10.1. The zero-order valence-corrected chi connectivity index (χ0v) is 59.2. The van der Waals surface area contributed by atoms with Crippen LogP contribution in [-0.4, -0.2) is 60.7 Å². The van der Waals surface area contributed by atoms with Gasteiger partial charge in [0.1, 0.15) is 0 Å². The number of hydrogen-bond acceptors (Lipinski definition) is 12. The maximum atomic E-state index is 10.4. The van der Waals surface area contributed by atoms with Crippen molar-refractivity contribution in [3.8, 4) is 0 Å². The molecule has 428 valence electrons. The van der Waals surface area contributed by atoms with Gasteiger partial charge in [0.05, 0.1) is 11.5 Å². The molecule has 0 aromatic rings. The van der Waals surface area contributed by atoms with Crippen molar-refractivity contribution in [1.29, 1.82) is 0 Å². The van der Waals surface area contributed by atoms with E-state index in [0.717, 1.165) is 118 Å². The molecule has 0 amide bonds. The van der Waals surface area contributed by atoms with Crippen LogP contribution < -0.4 is 0 Å². The molecule has 10 nitrogen and oxygen atoms in total. The predicted octanol–water partition coefficient (Wildman–Crippen LogP) is 12.1. The fraction of sp³-hybridized carbons (Fsp3) is 0.778. The third-order valence-electron chi connectivity index (χ3n) is 17.5. The average molecular weight is 1400 g/mol. The zero-order valence-electron chi connectivity index (χ0n) is 48.6. The Bertz CT molecular complexity index is 881. The van der Waals surface area contributed by atoms with Gasteiger partial charge in [-0.3, -0.25) is 40.7 Å². The first-order chi connectivity index (χ1) is 29.4. The molecule has 17 heteroatoms. The standard InChI is InChI=1S/4C10H20.C4H6O2S.6CHO.4CH3.4Mo.2O.2H2S/c4*1-6-7(2)9(4)10(5)8(6)3;5-7(6)3-1-2-4-7;6*1-2;;;;;;;;;;;;/h4*6-10H,1-5H3;1-2H,3-4H2;6*1H;4*1H3;;;;;;;2*1H2/q;;;;;10*-1;;;2*+4;;;;/p-2. The minimum Gasteiger partial charge on any atom is -0.813 e. The molecule has 4 aliphatic carbocycles. The van der Waals surface area contributed by atoms with Crippen molar-refractivity contribution in [1.82, 2.24) is 0 Å². The van der Waals surface area contributed by atoms with Crippen molar-refractivity contribution in [3.05, 3.63) is 41.9 Å². The van der Waals surface area contributed by atoms with Crippen LogP contribution in [0, 0.1) is 148 Å². The molecule has 0 N–H and O–H groups in total. The van der Waals surface area contributed by atoms with Crippen LogP contribution in [0.4, 0.5) is 0 Å². The van der Waals surface area contributed by atoms with Crippen molar-refractivity contribution in [2.24, 2.45) is 118 Å². The van der Waals surface area contributed by atoms with E-state index in [1.807, 2.05) is 0 Å². The summed E-state index contributed by atoms with van der Waals surface area (Å²) in [6.45, 7) is 67.5. The summed E-state index contributed by atoms with van der Waals surface area (Å²) in [6, 6.07) is 0. The van der Waals surface area contributed by atoms with E-state index in [0.29, 0.717) is 39.6 Å². The van der Waals surface area contributed by atoms with Gasteiger partial charge in [-0.15, -0.1) is 0 Å². The number of hydrogen-bond donors (Lipinski definition) is 0. The maximum Gasteiger partial charge on any atom is -0.813 e. The van der Waals surface area contributed by atoms with Crippen LogP contribution in [0.15, 0.2) is 12.2 Å². The molecule has 0 saturated heterocycles. The number of sulfone groups is 1. The summed E-state index contributed by atoms with van der Waals surface area (Å²) in [7, 11) is -2.66. The molecule has 4 saturated carbocycles. The molecule has 0 unspecified atom stereocenters. The van der Waals surface area contributed by atoms with Crippen LogP contribution in [0.25, 0.3) is 0 Å². The Labute approximate surface area is 508 Å². The average Bonchev–Trinajstić information content (AvgIpc) is 3.98. The molecule has 5 rings (SSSR count). The van der Waals surface area contributed by atoms with Crippen molar-refractivity contribution in [2.45, 2.75) is 138 Å². The van der Waals surface area contributed by atoms with Crippen molar-refractivity contribution in [3.63, 3.8) is 0 Å². The molecular weight excluding hydrogens is 1290 g/mol. The first-order valence-corrected chi connectivity index (χ1v) is 25.5. The van der Waals surface area contributed by atoms with Gasteiger partial charge in [-0.2, -0.15) is 0 Å². The summed E-state index contributed by atoms with van der Waals surface area (Å²) in [5.74, 6) is 19.2. The maximum absolute atomic E-state index is 10.4. The Hall–Kier alpha value is 0.763. The Balaban J connectivity index is -0.0000000346. The summed E-state index contributed by atoms with van der Waals surface area (Å²) in [4.78, 5) is 46.5. The number of thiol groups is 2. The van der Waals surface area contributed by atoms with E-state index in [-0.39, 0.29) is 110 Å². The van der Waals surface area contributed by atoms with Gasteiger partial charge in [0, 0.05) is 0 Å². The van der Waals surface area contributed by atoms with Crippen LogP contribution >= 0.6 is 0 Å². The fourth-order valence-corrected chi connectivity index (χ4v) is 11.1. The van der Waals surface area contributed by atoms with Gasteiger partial charge < -0.3 is 85.5 Å². The first-order valence-electron chi connectivity index (χ1n) is 22.0. The first kappa shape index (κ1) is 116. The minimum atomic E-state index is -2.66. The normalized spacial score (nSPS) is 34.3. The van der Waals surface area contributed by atoms with E-state index in [2.05, 4.69) is 179 Å². The Kier molecular flexibility index (Phi) is 112. The Morgan fingerprint density at radius 3 is 0.352 bits per heavy atom. The third-order valence-corrected chi connectivity index (χ3v) is 18.9. The van der Waals surface area contributed by atoms with E-state index < -0.39 is 9.84 Å². The summed E-state index contributed by atoms with van der Waals surface area (Å²) >= 11 is 1.40. The van der Waals surface area contributed by atoms with E-state index in [1.165, 1.54) is 0 Å². The van der Waals surface area contributed by atoms with Crippen LogP contribution in [0.3, 0.4) is 0 Å². The molecular formula is C54H106Mo4O10S3-4. The van der Waals surface area contributed by atoms with Crippen molar-refractivity contribution in [2.75, 3.05) is 11.5 Å². The van der Waals surface area contributed by atoms with Crippen LogP contribution in [0.5, 0.6) is 0 Å². The van der Waals surface area contributed by atoms with Crippen LogP contribution in [0.2, 0.25) is 0 Å². The molecule has 1 aliphatic heterocycles. The van der Waals surface area contributed by atoms with Gasteiger partial charge in [-0.25, -0.2) is 8.42 Å². The molecule has 71 heavy (non-hydrogen) atoms. The zero-order chi connectivity index (χ0) is 52.9. The molecule has 4 fully saturated rings. The van der Waals surface area contributed by atoms with E-state index in [9.17, 15) is 8.42 Å². The molecule has 0 aromatic carbocycles. The number of carbonyl (C=O) groups excluding carboxylic acids is 6. The molecule has 0 aromatic heterocycles. The van der Waals surface area contributed by atoms with Gasteiger partial charge in [0.2, 0.25) is 0 Å². The second-order valence-corrected chi connectivity index (χ2v) is 20.9. The van der Waals surface area contributed by atoms with Crippen molar-refractivity contribution < 1.29 is 126 Å². The summed E-state index contributed by atoms with van der Waals surface area (Å²) in [6.07, 6.45) is 3.35. The predicted molar refractivity (Wildman–Crippen MR) is 296 cm³/mol. The Morgan fingerprint density at radius 2 is 0.324 bits per heavy atom. The quantitative estimate of drug-likeness (QED) is 0.0562. The summed E-state index contributed by atoms with van der Waals surface area (Å²) in [5.41, 5.74) is 0. The SMILES string of the molecule is CC1C(C)C(C)C(C)C1C.CC1C(C)C(C)C(C)C1C.CC1C(C)C(C)C(C)C1C.CC1C(C)C(C)C(C)C1C.O=S1(=O)CC=CC1.[CH-]=O.[CH-]=O.[CH-]=O.[CH-]=O.[CH-]=O.[CH-]=O.[CH3-].[CH3-].[CH3-].[CH3-].[Mo+4].[Mo+4].[O]=[Mo].[O]=[Mo].[SH-].[SH-]. The van der Waals surface area contributed by atoms with Gasteiger partial charge >= 0.3 is 88.5 Å². The monoisotopic (exact) mass is 1400 g/mol. The van der Waals surface area contributed by atoms with E-state index >= 15 is 0 Å². The van der Waals surface area contributed by atoms with E-state index in [4.69, 9.17) is 35.6 Å². The molecule has 0 spiro atoms. The second kappa shape index (κ2) is 68.8. The smallest absolute Gasteiger partial charge is 0.813 e. The molecule has 1 heterocycles. The number of rotatable bonds is 0. The molecule has 0 bridgehead atoms. The van der Waals surface area contributed by atoms with Gasteiger partial charge in [0.15, 0.2) is 9.84 Å². The van der Waals surface area contributed by atoms with Gasteiger partial charge in [-0.05, 0) is 118 Å².